The third-order valence-electron chi connectivity index (χ3n) is 5.17. The molecule has 0 radical (unpaired) electrons. The Labute approximate surface area is 146 Å². The minimum absolute atomic E-state index is 0.281. The Balaban J connectivity index is 1.44. The predicted octanol–water partition coefficient (Wildman–Crippen LogP) is 3.54. The van der Waals surface area contributed by atoms with Gasteiger partial charge in [0.25, 0.3) is 0 Å². The van der Waals surface area contributed by atoms with Crippen molar-refractivity contribution in [3.8, 4) is 0 Å². The predicted molar refractivity (Wildman–Crippen MR) is 93.2 cm³/mol. The van der Waals surface area contributed by atoms with E-state index < -0.39 is 11.4 Å². The van der Waals surface area contributed by atoms with E-state index >= 15 is 0 Å². The number of aliphatic hydroxyl groups is 1. The molecule has 1 aromatic rings. The monoisotopic (exact) mass is 383 g/mol. The Morgan fingerprint density at radius 1 is 1.13 bits per heavy atom. The Morgan fingerprint density at radius 2 is 1.74 bits per heavy atom. The fourth-order valence-electron chi connectivity index (χ4n) is 3.52. The number of ether oxygens (including phenoxy) is 2. The molecule has 5 heteroatoms. The molecule has 1 spiro atoms. The lowest BCUT2D eigenvalue weighted by Crippen LogP contribution is -2.45. The minimum atomic E-state index is -0.590. The SMILES string of the molecule is CC(NCCC1(O)CCC2(CC1)OCCO2)c1ccc(Br)cc1. The largest absolute Gasteiger partial charge is 0.390 e. The highest BCUT2D eigenvalue weighted by atomic mass is 79.9. The van der Waals surface area contributed by atoms with Crippen LogP contribution in [0.3, 0.4) is 0 Å². The van der Waals surface area contributed by atoms with Gasteiger partial charge in [0, 0.05) is 23.4 Å². The number of rotatable bonds is 5. The molecule has 23 heavy (non-hydrogen) atoms. The standard InChI is InChI=1S/C18H26BrNO3/c1-14(15-2-4-16(19)5-3-15)20-11-10-17(21)6-8-18(9-7-17)22-12-13-23-18/h2-5,14,20-21H,6-13H2,1H3. The Hall–Kier alpha value is -0.460. The van der Waals surface area contributed by atoms with Gasteiger partial charge in [0.15, 0.2) is 5.79 Å². The van der Waals surface area contributed by atoms with Crippen molar-refractivity contribution in [3.05, 3.63) is 34.3 Å². The molecule has 1 atom stereocenters. The molecule has 2 aliphatic rings. The van der Waals surface area contributed by atoms with Crippen LogP contribution >= 0.6 is 15.9 Å². The van der Waals surface area contributed by atoms with E-state index in [0.29, 0.717) is 13.2 Å². The van der Waals surface area contributed by atoms with Crippen molar-refractivity contribution < 1.29 is 14.6 Å². The summed E-state index contributed by atoms with van der Waals surface area (Å²) in [5, 5.41) is 14.3. The second-order valence-corrected chi connectivity index (χ2v) is 7.72. The van der Waals surface area contributed by atoms with E-state index in [1.165, 1.54) is 5.56 Å². The fourth-order valence-corrected chi connectivity index (χ4v) is 3.79. The lowest BCUT2D eigenvalue weighted by molar-refractivity contribution is -0.203. The first kappa shape index (κ1) is 17.4. The zero-order valence-corrected chi connectivity index (χ0v) is 15.3. The van der Waals surface area contributed by atoms with Crippen molar-refractivity contribution in [2.24, 2.45) is 0 Å². The van der Waals surface area contributed by atoms with Crippen LogP contribution in [0, 0.1) is 0 Å². The van der Waals surface area contributed by atoms with Gasteiger partial charge < -0.3 is 19.9 Å². The van der Waals surface area contributed by atoms with Crippen molar-refractivity contribution in [1.82, 2.24) is 5.32 Å². The highest BCUT2D eigenvalue weighted by molar-refractivity contribution is 9.10. The molecular weight excluding hydrogens is 358 g/mol. The highest BCUT2D eigenvalue weighted by Crippen LogP contribution is 2.41. The van der Waals surface area contributed by atoms with Crippen molar-refractivity contribution in [2.75, 3.05) is 19.8 Å². The summed E-state index contributed by atoms with van der Waals surface area (Å²) in [6.07, 6.45) is 3.87. The lowest BCUT2D eigenvalue weighted by Gasteiger charge is -2.40. The molecule has 0 amide bonds. The van der Waals surface area contributed by atoms with Crippen molar-refractivity contribution in [2.45, 2.75) is 56.5 Å². The lowest BCUT2D eigenvalue weighted by atomic mass is 9.79. The number of nitrogens with one attached hydrogen (secondary N) is 1. The number of hydrogen-bond acceptors (Lipinski definition) is 4. The second-order valence-electron chi connectivity index (χ2n) is 6.81. The maximum Gasteiger partial charge on any atom is 0.168 e. The molecule has 2 fully saturated rings. The summed E-state index contributed by atoms with van der Waals surface area (Å²) in [6.45, 7) is 4.33. The van der Waals surface area contributed by atoms with E-state index in [2.05, 4.69) is 52.4 Å². The van der Waals surface area contributed by atoms with E-state index in [1.807, 2.05) is 0 Å². The van der Waals surface area contributed by atoms with Gasteiger partial charge >= 0.3 is 0 Å². The average molecular weight is 384 g/mol. The van der Waals surface area contributed by atoms with E-state index in [1.54, 1.807) is 0 Å². The van der Waals surface area contributed by atoms with Crippen LogP contribution in [0.1, 0.15) is 50.6 Å². The second kappa shape index (κ2) is 7.19. The van der Waals surface area contributed by atoms with Gasteiger partial charge in [-0.15, -0.1) is 0 Å². The molecule has 128 valence electrons. The van der Waals surface area contributed by atoms with Gasteiger partial charge in [-0.1, -0.05) is 28.1 Å². The zero-order valence-electron chi connectivity index (χ0n) is 13.7. The molecule has 1 aliphatic heterocycles. The van der Waals surface area contributed by atoms with E-state index in [4.69, 9.17) is 9.47 Å². The maximum atomic E-state index is 10.8. The maximum absolute atomic E-state index is 10.8. The van der Waals surface area contributed by atoms with Gasteiger partial charge in [-0.2, -0.15) is 0 Å². The molecule has 1 aliphatic carbocycles. The van der Waals surface area contributed by atoms with E-state index in [-0.39, 0.29) is 6.04 Å². The summed E-state index contributed by atoms with van der Waals surface area (Å²) in [6, 6.07) is 8.64. The minimum Gasteiger partial charge on any atom is -0.390 e. The summed E-state index contributed by atoms with van der Waals surface area (Å²) in [7, 11) is 0. The van der Waals surface area contributed by atoms with Crippen molar-refractivity contribution in [3.63, 3.8) is 0 Å². The van der Waals surface area contributed by atoms with Gasteiger partial charge in [0.1, 0.15) is 0 Å². The zero-order chi connectivity index (χ0) is 16.3. The summed E-state index contributed by atoms with van der Waals surface area (Å²) in [4.78, 5) is 0. The van der Waals surface area contributed by atoms with Crippen LogP contribution in [-0.2, 0) is 9.47 Å². The van der Waals surface area contributed by atoms with Gasteiger partial charge in [-0.3, -0.25) is 0 Å². The molecular formula is C18H26BrNO3. The van der Waals surface area contributed by atoms with E-state index in [9.17, 15) is 5.11 Å². The van der Waals surface area contributed by atoms with Gasteiger partial charge in [-0.25, -0.2) is 0 Å². The summed E-state index contributed by atoms with van der Waals surface area (Å²) < 4.78 is 12.6. The van der Waals surface area contributed by atoms with E-state index in [0.717, 1.165) is 43.1 Å². The number of halogens is 1. The summed E-state index contributed by atoms with van der Waals surface area (Å²) >= 11 is 3.46. The normalized spacial score (nSPS) is 24.0. The average Bonchev–Trinajstić information content (AvgIpc) is 3.00. The first-order valence-corrected chi connectivity index (χ1v) is 9.29. The molecule has 1 heterocycles. The van der Waals surface area contributed by atoms with Gasteiger partial charge in [0.2, 0.25) is 0 Å². The number of hydrogen-bond donors (Lipinski definition) is 2. The first-order valence-electron chi connectivity index (χ1n) is 8.50. The Morgan fingerprint density at radius 3 is 2.35 bits per heavy atom. The molecule has 1 unspecified atom stereocenters. The van der Waals surface area contributed by atoms with Crippen molar-refractivity contribution in [1.29, 1.82) is 0 Å². The molecule has 3 rings (SSSR count). The van der Waals surface area contributed by atoms with Crippen LogP contribution < -0.4 is 5.32 Å². The highest BCUT2D eigenvalue weighted by Gasteiger charge is 2.45. The van der Waals surface area contributed by atoms with Crippen LogP contribution in [0.2, 0.25) is 0 Å². The fraction of sp³-hybridized carbons (Fsp3) is 0.667. The third kappa shape index (κ3) is 4.34. The van der Waals surface area contributed by atoms with Gasteiger partial charge in [0.05, 0.1) is 18.8 Å². The molecule has 2 N–H and O–H groups in total. The quantitative estimate of drug-likeness (QED) is 0.816. The summed E-state index contributed by atoms with van der Waals surface area (Å²) in [5.74, 6) is -0.398. The van der Waals surface area contributed by atoms with Crippen LogP contribution in [0.15, 0.2) is 28.7 Å². The van der Waals surface area contributed by atoms with Crippen LogP contribution in [-0.4, -0.2) is 36.3 Å². The summed E-state index contributed by atoms with van der Waals surface area (Å²) in [5.41, 5.74) is 0.669. The van der Waals surface area contributed by atoms with Crippen LogP contribution in [0.4, 0.5) is 0 Å². The van der Waals surface area contributed by atoms with Crippen molar-refractivity contribution >= 4 is 15.9 Å². The first-order chi connectivity index (χ1) is 11.0. The smallest absolute Gasteiger partial charge is 0.168 e. The molecule has 1 saturated heterocycles. The van der Waals surface area contributed by atoms with Gasteiger partial charge in [-0.05, 0) is 50.4 Å². The molecule has 1 aromatic carbocycles. The molecule has 4 nitrogen and oxygen atoms in total. The molecule has 0 bridgehead atoms. The third-order valence-corrected chi connectivity index (χ3v) is 5.70. The Kier molecular flexibility index (Phi) is 5.43. The molecule has 1 saturated carbocycles. The van der Waals surface area contributed by atoms with Crippen LogP contribution in [0.25, 0.3) is 0 Å². The Bertz CT molecular complexity index is 504. The number of benzene rings is 1. The topological polar surface area (TPSA) is 50.7 Å². The molecule has 0 aromatic heterocycles. The van der Waals surface area contributed by atoms with Crippen LogP contribution in [0.5, 0.6) is 0 Å².